The van der Waals surface area contributed by atoms with Crippen molar-refractivity contribution in [2.24, 2.45) is 0 Å². The fraction of sp³-hybridized carbons (Fsp3) is 0.929. The molecule has 0 spiro atoms. The van der Waals surface area contributed by atoms with Crippen molar-refractivity contribution in [3.8, 4) is 0 Å². The summed E-state index contributed by atoms with van der Waals surface area (Å²) in [6.45, 7) is 10.9. The first-order valence-corrected chi connectivity index (χ1v) is 7.25. The second kappa shape index (κ2) is 7.22. The van der Waals surface area contributed by atoms with E-state index in [1.54, 1.807) is 0 Å². The summed E-state index contributed by atoms with van der Waals surface area (Å²) in [5.41, 5.74) is -0.422. The molecule has 0 saturated carbocycles. The molecule has 0 aromatic rings. The van der Waals surface area contributed by atoms with Crippen LogP contribution in [-0.2, 0) is 4.79 Å². The summed E-state index contributed by atoms with van der Waals surface area (Å²) >= 11 is 0. The molecule has 1 atom stereocenters. The van der Waals surface area contributed by atoms with Crippen LogP contribution in [0.1, 0.15) is 27.2 Å². The van der Waals surface area contributed by atoms with E-state index in [4.69, 9.17) is 0 Å². The van der Waals surface area contributed by atoms with Crippen LogP contribution in [0.3, 0.4) is 0 Å². The number of hydrogen-bond acceptors (Lipinski definition) is 4. The highest BCUT2D eigenvalue weighted by atomic mass is 16.2. The summed E-state index contributed by atoms with van der Waals surface area (Å²) in [7, 11) is 4.11. The zero-order valence-electron chi connectivity index (χ0n) is 13.1. The van der Waals surface area contributed by atoms with Gasteiger partial charge < -0.3 is 15.5 Å². The van der Waals surface area contributed by atoms with E-state index >= 15 is 0 Å². The lowest BCUT2D eigenvalue weighted by Gasteiger charge is -2.40. The van der Waals surface area contributed by atoms with E-state index in [0.29, 0.717) is 0 Å². The van der Waals surface area contributed by atoms with Crippen LogP contribution in [0.15, 0.2) is 0 Å². The molecule has 0 aromatic carbocycles. The van der Waals surface area contributed by atoms with Crippen LogP contribution < -0.4 is 10.6 Å². The third-order valence-electron chi connectivity index (χ3n) is 3.85. The predicted octanol–water partition coefficient (Wildman–Crippen LogP) is 0.127. The van der Waals surface area contributed by atoms with Crippen LogP contribution in [0.5, 0.6) is 0 Å². The van der Waals surface area contributed by atoms with Crippen LogP contribution in [0.25, 0.3) is 0 Å². The second-order valence-electron chi connectivity index (χ2n) is 6.26. The van der Waals surface area contributed by atoms with Crippen LogP contribution in [0.2, 0.25) is 0 Å². The maximum absolute atomic E-state index is 12.4. The Morgan fingerprint density at radius 2 is 1.95 bits per heavy atom. The molecule has 5 heteroatoms. The highest BCUT2D eigenvalue weighted by Crippen LogP contribution is 2.15. The highest BCUT2D eigenvalue weighted by molar-refractivity contribution is 5.85. The van der Waals surface area contributed by atoms with Gasteiger partial charge in [-0.25, -0.2) is 0 Å². The van der Waals surface area contributed by atoms with Crippen molar-refractivity contribution in [1.29, 1.82) is 0 Å². The maximum Gasteiger partial charge on any atom is 0.240 e. The number of carbonyl (C=O) groups is 1. The lowest BCUT2D eigenvalue weighted by molar-refractivity contribution is -0.132. The van der Waals surface area contributed by atoms with Gasteiger partial charge >= 0.3 is 0 Å². The molecule has 1 rings (SSSR count). The number of carbonyl (C=O) groups excluding carboxylic acids is 1. The van der Waals surface area contributed by atoms with E-state index in [1.807, 2.05) is 13.8 Å². The molecule has 2 N–H and O–H groups in total. The Bertz CT molecular complexity index is 285. The van der Waals surface area contributed by atoms with Gasteiger partial charge in [0.15, 0.2) is 0 Å². The SMILES string of the molecule is CC(CCN(C)C)NC(=O)C(C)(C)N1CCNCC1. The lowest BCUT2D eigenvalue weighted by atomic mass is 9.99. The third-order valence-corrected chi connectivity index (χ3v) is 3.85. The standard InChI is InChI=1S/C14H30N4O/c1-12(6-9-17(4)5)16-13(19)14(2,3)18-10-7-15-8-11-18/h12,15H,6-11H2,1-5H3,(H,16,19). The van der Waals surface area contributed by atoms with E-state index in [2.05, 4.69) is 41.5 Å². The van der Waals surface area contributed by atoms with Crippen LogP contribution in [0, 0.1) is 0 Å². The average Bonchev–Trinajstić information content (AvgIpc) is 2.37. The minimum Gasteiger partial charge on any atom is -0.352 e. The molecule has 1 aliphatic heterocycles. The molecule has 1 aliphatic rings. The van der Waals surface area contributed by atoms with Crippen LogP contribution in [0.4, 0.5) is 0 Å². The van der Waals surface area contributed by atoms with Crippen LogP contribution >= 0.6 is 0 Å². The van der Waals surface area contributed by atoms with E-state index < -0.39 is 5.54 Å². The Kier molecular flexibility index (Phi) is 6.23. The van der Waals surface area contributed by atoms with Gasteiger partial charge in [-0.1, -0.05) is 0 Å². The van der Waals surface area contributed by atoms with Gasteiger partial charge in [-0.15, -0.1) is 0 Å². The van der Waals surface area contributed by atoms with Gasteiger partial charge in [0.25, 0.3) is 0 Å². The summed E-state index contributed by atoms with van der Waals surface area (Å²) in [6, 6.07) is 0.220. The van der Waals surface area contributed by atoms with Crippen molar-refractivity contribution in [3.63, 3.8) is 0 Å². The van der Waals surface area contributed by atoms with Crippen molar-refractivity contribution in [2.75, 3.05) is 46.8 Å². The molecule has 0 bridgehead atoms. The van der Waals surface area contributed by atoms with Crippen molar-refractivity contribution >= 4 is 5.91 Å². The summed E-state index contributed by atoms with van der Waals surface area (Å²) in [5.74, 6) is 0.139. The first kappa shape index (κ1) is 16.4. The molecular formula is C14H30N4O. The van der Waals surface area contributed by atoms with E-state index in [1.165, 1.54) is 0 Å². The third kappa shape index (κ3) is 5.09. The number of piperazine rings is 1. The molecule has 1 fully saturated rings. The van der Waals surface area contributed by atoms with Gasteiger partial charge in [-0.05, 0) is 47.8 Å². The number of amides is 1. The summed E-state index contributed by atoms with van der Waals surface area (Å²) in [6.07, 6.45) is 0.983. The monoisotopic (exact) mass is 270 g/mol. The van der Waals surface area contributed by atoms with E-state index in [9.17, 15) is 4.79 Å². The van der Waals surface area contributed by atoms with Gasteiger partial charge in [-0.3, -0.25) is 9.69 Å². The second-order valence-corrected chi connectivity index (χ2v) is 6.26. The fourth-order valence-electron chi connectivity index (χ4n) is 2.29. The number of nitrogens with one attached hydrogen (secondary N) is 2. The Balaban J connectivity index is 2.45. The molecule has 0 aromatic heterocycles. The van der Waals surface area contributed by atoms with Gasteiger partial charge in [-0.2, -0.15) is 0 Å². The minimum absolute atomic E-state index is 0.139. The smallest absolute Gasteiger partial charge is 0.240 e. The highest BCUT2D eigenvalue weighted by Gasteiger charge is 2.35. The summed E-state index contributed by atoms with van der Waals surface area (Å²) < 4.78 is 0. The molecule has 1 heterocycles. The molecule has 1 unspecified atom stereocenters. The number of hydrogen-bond donors (Lipinski definition) is 2. The Morgan fingerprint density at radius 1 is 1.37 bits per heavy atom. The Labute approximate surface area is 117 Å². The predicted molar refractivity (Wildman–Crippen MR) is 79.3 cm³/mol. The molecule has 5 nitrogen and oxygen atoms in total. The van der Waals surface area contributed by atoms with Gasteiger partial charge in [0, 0.05) is 32.2 Å². The molecule has 112 valence electrons. The first-order chi connectivity index (χ1) is 8.84. The largest absolute Gasteiger partial charge is 0.352 e. The van der Waals surface area contributed by atoms with E-state index in [0.717, 1.165) is 39.1 Å². The van der Waals surface area contributed by atoms with Crippen molar-refractivity contribution < 1.29 is 4.79 Å². The molecular weight excluding hydrogens is 240 g/mol. The zero-order chi connectivity index (χ0) is 14.5. The van der Waals surface area contributed by atoms with Gasteiger partial charge in [0.1, 0.15) is 0 Å². The van der Waals surface area contributed by atoms with Gasteiger partial charge in [0.2, 0.25) is 5.91 Å². The molecule has 19 heavy (non-hydrogen) atoms. The van der Waals surface area contributed by atoms with E-state index in [-0.39, 0.29) is 11.9 Å². The minimum atomic E-state index is -0.422. The lowest BCUT2D eigenvalue weighted by Crippen LogP contribution is -2.60. The first-order valence-electron chi connectivity index (χ1n) is 7.25. The topological polar surface area (TPSA) is 47.6 Å². The Morgan fingerprint density at radius 3 is 2.47 bits per heavy atom. The molecule has 1 amide bonds. The normalized spacial score (nSPS) is 19.5. The maximum atomic E-state index is 12.4. The quantitative estimate of drug-likeness (QED) is 0.720. The average molecular weight is 270 g/mol. The molecule has 0 aliphatic carbocycles. The fourth-order valence-corrected chi connectivity index (χ4v) is 2.29. The summed E-state index contributed by atoms with van der Waals surface area (Å²) in [4.78, 5) is 16.8. The Hall–Kier alpha value is -0.650. The van der Waals surface area contributed by atoms with Crippen molar-refractivity contribution in [2.45, 2.75) is 38.8 Å². The van der Waals surface area contributed by atoms with Crippen molar-refractivity contribution in [1.82, 2.24) is 20.4 Å². The number of nitrogens with zero attached hydrogens (tertiary/aromatic N) is 2. The number of rotatable bonds is 6. The van der Waals surface area contributed by atoms with Crippen molar-refractivity contribution in [3.05, 3.63) is 0 Å². The zero-order valence-corrected chi connectivity index (χ0v) is 13.1. The summed E-state index contributed by atoms with van der Waals surface area (Å²) in [5, 5.41) is 6.47. The molecule has 0 radical (unpaired) electrons. The van der Waals surface area contributed by atoms with Crippen LogP contribution in [-0.4, -0.2) is 74.1 Å². The molecule has 1 saturated heterocycles. The van der Waals surface area contributed by atoms with Gasteiger partial charge in [0.05, 0.1) is 5.54 Å².